The van der Waals surface area contributed by atoms with Gasteiger partial charge in [0.25, 0.3) is 0 Å². The van der Waals surface area contributed by atoms with E-state index in [0.29, 0.717) is 5.69 Å². The number of carboxylic acid groups (broad SMARTS) is 1. The van der Waals surface area contributed by atoms with E-state index in [-0.39, 0.29) is 5.56 Å². The zero-order chi connectivity index (χ0) is 9.84. The van der Waals surface area contributed by atoms with Gasteiger partial charge in [0.1, 0.15) is 0 Å². The lowest BCUT2D eigenvalue weighted by molar-refractivity contribution is 0.0697. The van der Waals surface area contributed by atoms with Gasteiger partial charge in [0.05, 0.1) is 5.56 Å². The van der Waals surface area contributed by atoms with Crippen molar-refractivity contribution in [2.75, 3.05) is 0 Å². The number of hydrogen-bond donors (Lipinski definition) is 1. The largest absolute Gasteiger partial charge is 0.478 e. The molecular formula is C7H4IN3O2. The second-order valence-corrected chi connectivity index (χ2v) is 3.44. The lowest BCUT2D eigenvalue weighted by Gasteiger charge is -1.97. The molecular weight excluding hydrogens is 285 g/mol. The number of aromatic carboxylic acids is 1. The number of azide groups is 1. The normalized spacial score (nSPS) is 9.00. The summed E-state index contributed by atoms with van der Waals surface area (Å²) in [4.78, 5) is 13.1. The third-order valence-corrected chi connectivity index (χ3v) is 1.91. The summed E-state index contributed by atoms with van der Waals surface area (Å²) in [6.45, 7) is 0. The molecule has 66 valence electrons. The number of hydrogen-bond acceptors (Lipinski definition) is 2. The highest BCUT2D eigenvalue weighted by Gasteiger charge is 2.04. The molecule has 0 heterocycles. The average Bonchev–Trinajstić information content (AvgIpc) is 2.03. The van der Waals surface area contributed by atoms with E-state index in [1.807, 2.05) is 22.6 Å². The zero-order valence-electron chi connectivity index (χ0n) is 6.31. The maximum Gasteiger partial charge on any atom is 0.335 e. The molecule has 6 heteroatoms. The van der Waals surface area contributed by atoms with Crippen molar-refractivity contribution in [3.8, 4) is 0 Å². The molecule has 0 spiro atoms. The Hall–Kier alpha value is -1.27. The van der Waals surface area contributed by atoms with E-state index < -0.39 is 5.97 Å². The highest BCUT2D eigenvalue weighted by molar-refractivity contribution is 14.1. The molecule has 0 aromatic heterocycles. The minimum atomic E-state index is -1.03. The second kappa shape index (κ2) is 4.11. The van der Waals surface area contributed by atoms with Crippen LogP contribution in [0.15, 0.2) is 23.3 Å². The van der Waals surface area contributed by atoms with E-state index in [1.54, 1.807) is 6.07 Å². The first kappa shape index (κ1) is 9.82. The lowest BCUT2D eigenvalue weighted by Crippen LogP contribution is -1.95. The van der Waals surface area contributed by atoms with Crippen molar-refractivity contribution in [2.45, 2.75) is 0 Å². The zero-order valence-corrected chi connectivity index (χ0v) is 8.46. The molecule has 0 fully saturated rings. The Bertz CT molecular complexity index is 378. The van der Waals surface area contributed by atoms with Crippen molar-refractivity contribution in [3.63, 3.8) is 0 Å². The van der Waals surface area contributed by atoms with Crippen LogP contribution in [0.5, 0.6) is 0 Å². The molecule has 0 aliphatic rings. The van der Waals surface area contributed by atoms with Gasteiger partial charge < -0.3 is 5.11 Å². The van der Waals surface area contributed by atoms with Crippen LogP contribution in [0.1, 0.15) is 10.4 Å². The summed E-state index contributed by atoms with van der Waals surface area (Å²) >= 11 is 1.96. The minimum Gasteiger partial charge on any atom is -0.478 e. The average molecular weight is 289 g/mol. The van der Waals surface area contributed by atoms with Gasteiger partial charge in [-0.2, -0.15) is 0 Å². The number of benzene rings is 1. The topological polar surface area (TPSA) is 86.1 Å². The van der Waals surface area contributed by atoms with E-state index in [4.69, 9.17) is 10.6 Å². The number of rotatable bonds is 2. The van der Waals surface area contributed by atoms with Gasteiger partial charge in [-0.25, -0.2) is 4.79 Å². The Morgan fingerprint density at radius 2 is 2.23 bits per heavy atom. The Kier molecular flexibility index (Phi) is 3.10. The fourth-order valence-electron chi connectivity index (χ4n) is 0.807. The van der Waals surface area contributed by atoms with Crippen LogP contribution >= 0.6 is 22.6 Å². The highest BCUT2D eigenvalue weighted by atomic mass is 127. The summed E-state index contributed by atoms with van der Waals surface area (Å²) in [5.41, 5.74) is 8.58. The van der Waals surface area contributed by atoms with Crippen LogP contribution in [-0.2, 0) is 0 Å². The first-order valence-corrected chi connectivity index (χ1v) is 4.30. The molecule has 0 amide bonds. The van der Waals surface area contributed by atoms with Gasteiger partial charge in [-0.3, -0.25) is 0 Å². The monoisotopic (exact) mass is 289 g/mol. The van der Waals surface area contributed by atoms with E-state index >= 15 is 0 Å². The van der Waals surface area contributed by atoms with Gasteiger partial charge in [0.15, 0.2) is 0 Å². The summed E-state index contributed by atoms with van der Waals surface area (Å²) in [7, 11) is 0. The third-order valence-electron chi connectivity index (χ3n) is 1.29. The van der Waals surface area contributed by atoms with Crippen LogP contribution < -0.4 is 0 Å². The van der Waals surface area contributed by atoms with Crippen LogP contribution in [-0.4, -0.2) is 11.1 Å². The van der Waals surface area contributed by atoms with E-state index in [2.05, 4.69) is 10.0 Å². The van der Waals surface area contributed by atoms with Gasteiger partial charge in [-0.05, 0) is 46.3 Å². The molecule has 0 saturated heterocycles. The predicted octanol–water partition coefficient (Wildman–Crippen LogP) is 2.93. The van der Waals surface area contributed by atoms with E-state index in [0.717, 1.165) is 3.57 Å². The molecule has 1 aromatic carbocycles. The Morgan fingerprint density at radius 3 is 2.77 bits per heavy atom. The molecule has 0 atom stereocenters. The van der Waals surface area contributed by atoms with Crippen LogP contribution in [0.3, 0.4) is 0 Å². The number of nitrogens with zero attached hydrogens (tertiary/aromatic N) is 3. The molecule has 1 N–H and O–H groups in total. The van der Waals surface area contributed by atoms with Crippen LogP contribution in [0.25, 0.3) is 10.4 Å². The molecule has 0 aliphatic carbocycles. The van der Waals surface area contributed by atoms with Crippen molar-refractivity contribution >= 4 is 34.2 Å². The van der Waals surface area contributed by atoms with Gasteiger partial charge in [-0.1, -0.05) is 5.11 Å². The molecule has 5 nitrogen and oxygen atoms in total. The standard InChI is InChI=1S/C7H4IN3O2/c8-5-1-4(7(12)13)2-6(3-5)10-11-9/h1-3H,(H,12,13). The van der Waals surface area contributed by atoms with Gasteiger partial charge in [0.2, 0.25) is 0 Å². The first-order valence-electron chi connectivity index (χ1n) is 3.22. The molecule has 1 aromatic rings. The fourth-order valence-corrected chi connectivity index (χ4v) is 1.46. The predicted molar refractivity (Wildman–Crippen MR) is 54.9 cm³/mol. The summed E-state index contributed by atoms with van der Waals surface area (Å²) in [5, 5.41) is 12.0. The SMILES string of the molecule is [N-]=[N+]=Nc1cc(I)cc(C(=O)O)c1. The number of halogens is 1. The lowest BCUT2D eigenvalue weighted by atomic mass is 10.2. The Morgan fingerprint density at radius 1 is 1.54 bits per heavy atom. The van der Waals surface area contributed by atoms with Crippen molar-refractivity contribution in [1.82, 2.24) is 0 Å². The van der Waals surface area contributed by atoms with Crippen molar-refractivity contribution < 1.29 is 9.90 Å². The molecule has 0 radical (unpaired) electrons. The maximum absolute atomic E-state index is 10.6. The van der Waals surface area contributed by atoms with Crippen LogP contribution in [0, 0.1) is 3.57 Å². The quantitative estimate of drug-likeness (QED) is 0.393. The van der Waals surface area contributed by atoms with Gasteiger partial charge >= 0.3 is 5.97 Å². The number of carbonyl (C=O) groups is 1. The Balaban J connectivity index is 3.26. The molecule has 0 unspecified atom stereocenters. The van der Waals surface area contributed by atoms with Crippen molar-refractivity contribution in [3.05, 3.63) is 37.8 Å². The third kappa shape index (κ3) is 2.60. The molecule has 0 aliphatic heterocycles. The van der Waals surface area contributed by atoms with Gasteiger partial charge in [-0.15, -0.1) is 0 Å². The smallest absolute Gasteiger partial charge is 0.335 e. The Labute approximate surface area is 87.1 Å². The maximum atomic E-state index is 10.6. The second-order valence-electron chi connectivity index (χ2n) is 2.19. The van der Waals surface area contributed by atoms with Crippen LogP contribution in [0.4, 0.5) is 5.69 Å². The van der Waals surface area contributed by atoms with Gasteiger partial charge in [0, 0.05) is 14.2 Å². The molecule has 1 rings (SSSR count). The molecule has 0 bridgehead atoms. The van der Waals surface area contributed by atoms with E-state index in [1.165, 1.54) is 12.1 Å². The summed E-state index contributed by atoms with van der Waals surface area (Å²) < 4.78 is 0.722. The van der Waals surface area contributed by atoms with Crippen molar-refractivity contribution in [1.29, 1.82) is 0 Å². The molecule has 0 saturated carbocycles. The van der Waals surface area contributed by atoms with E-state index in [9.17, 15) is 4.79 Å². The summed E-state index contributed by atoms with van der Waals surface area (Å²) in [5.74, 6) is -1.03. The minimum absolute atomic E-state index is 0.120. The van der Waals surface area contributed by atoms with Crippen LogP contribution in [0.2, 0.25) is 0 Å². The summed E-state index contributed by atoms with van der Waals surface area (Å²) in [6.07, 6.45) is 0. The summed E-state index contributed by atoms with van der Waals surface area (Å²) in [6, 6.07) is 4.43. The fraction of sp³-hybridized carbons (Fsp3) is 0. The number of carboxylic acids is 1. The molecule has 13 heavy (non-hydrogen) atoms. The highest BCUT2D eigenvalue weighted by Crippen LogP contribution is 2.19. The van der Waals surface area contributed by atoms with Crippen molar-refractivity contribution in [2.24, 2.45) is 5.11 Å². The first-order chi connectivity index (χ1) is 6.13.